The molecule has 0 saturated carbocycles. The van der Waals surface area contributed by atoms with Crippen molar-refractivity contribution in [1.29, 1.82) is 0 Å². The van der Waals surface area contributed by atoms with Gasteiger partial charge in [-0.1, -0.05) is 44.2 Å². The van der Waals surface area contributed by atoms with Crippen molar-refractivity contribution in [3.8, 4) is 11.1 Å². The number of hydrogen-bond donors (Lipinski definition) is 0. The number of ketones is 1. The van der Waals surface area contributed by atoms with Gasteiger partial charge in [0.1, 0.15) is 5.69 Å². The number of aromatic nitrogens is 3. The molecule has 4 nitrogen and oxygen atoms in total. The first-order valence-electron chi connectivity index (χ1n) is 7.88. The highest BCUT2D eigenvalue weighted by atomic mass is 16.1. The SMILES string of the molecule is CC(=O)c1nc2c(-c3ccccc3)c(C)nn2c(C(C)C)c1C. The number of fused-ring (bicyclic) bond motifs is 1. The van der Waals surface area contributed by atoms with Crippen molar-refractivity contribution in [1.82, 2.24) is 14.6 Å². The van der Waals surface area contributed by atoms with E-state index < -0.39 is 0 Å². The molecule has 0 unspecified atom stereocenters. The van der Waals surface area contributed by atoms with Crippen molar-refractivity contribution < 1.29 is 4.79 Å². The van der Waals surface area contributed by atoms with E-state index in [-0.39, 0.29) is 11.7 Å². The van der Waals surface area contributed by atoms with Crippen LogP contribution < -0.4 is 0 Å². The Kier molecular flexibility index (Phi) is 3.76. The smallest absolute Gasteiger partial charge is 0.178 e. The van der Waals surface area contributed by atoms with Crippen molar-refractivity contribution in [3.63, 3.8) is 0 Å². The van der Waals surface area contributed by atoms with Gasteiger partial charge in [-0.3, -0.25) is 4.79 Å². The number of Topliss-reactive ketones (excluding diaryl/α,β-unsaturated/α-hetero) is 1. The average molecular weight is 307 g/mol. The minimum absolute atomic E-state index is 0.00948. The number of aryl methyl sites for hydroxylation is 1. The Morgan fingerprint density at radius 1 is 1.13 bits per heavy atom. The van der Waals surface area contributed by atoms with E-state index in [1.54, 1.807) is 6.92 Å². The largest absolute Gasteiger partial charge is 0.293 e. The van der Waals surface area contributed by atoms with Crippen molar-refractivity contribution in [2.24, 2.45) is 0 Å². The lowest BCUT2D eigenvalue weighted by Crippen LogP contribution is -2.12. The van der Waals surface area contributed by atoms with E-state index in [4.69, 9.17) is 5.10 Å². The summed E-state index contributed by atoms with van der Waals surface area (Å²) in [6.07, 6.45) is 0. The van der Waals surface area contributed by atoms with Crippen LogP contribution in [0, 0.1) is 13.8 Å². The number of carbonyl (C=O) groups is 1. The second-order valence-corrected chi connectivity index (χ2v) is 6.24. The second kappa shape index (κ2) is 5.61. The summed E-state index contributed by atoms with van der Waals surface area (Å²) >= 11 is 0. The van der Waals surface area contributed by atoms with Crippen LogP contribution in [-0.2, 0) is 0 Å². The summed E-state index contributed by atoms with van der Waals surface area (Å²) in [7, 11) is 0. The third-order valence-electron chi connectivity index (χ3n) is 4.16. The molecule has 3 aromatic rings. The topological polar surface area (TPSA) is 47.3 Å². The van der Waals surface area contributed by atoms with E-state index in [0.717, 1.165) is 33.7 Å². The summed E-state index contributed by atoms with van der Waals surface area (Å²) < 4.78 is 1.91. The molecule has 0 radical (unpaired) electrons. The molecule has 23 heavy (non-hydrogen) atoms. The molecule has 2 aromatic heterocycles. The van der Waals surface area contributed by atoms with Crippen LogP contribution in [0.25, 0.3) is 16.8 Å². The zero-order valence-corrected chi connectivity index (χ0v) is 14.2. The van der Waals surface area contributed by atoms with Crippen LogP contribution in [0.5, 0.6) is 0 Å². The van der Waals surface area contributed by atoms with Crippen LogP contribution in [-0.4, -0.2) is 20.4 Å². The van der Waals surface area contributed by atoms with Crippen LogP contribution >= 0.6 is 0 Å². The summed E-state index contributed by atoms with van der Waals surface area (Å²) in [5.41, 5.74) is 6.25. The second-order valence-electron chi connectivity index (χ2n) is 6.24. The molecule has 0 fully saturated rings. The van der Waals surface area contributed by atoms with Crippen LogP contribution in [0.15, 0.2) is 30.3 Å². The highest BCUT2D eigenvalue weighted by Crippen LogP contribution is 2.31. The van der Waals surface area contributed by atoms with Crippen molar-refractivity contribution in [2.45, 2.75) is 40.5 Å². The van der Waals surface area contributed by atoms with Crippen LogP contribution in [0.1, 0.15) is 54.1 Å². The highest BCUT2D eigenvalue weighted by molar-refractivity contribution is 5.95. The van der Waals surface area contributed by atoms with Gasteiger partial charge in [0.2, 0.25) is 0 Å². The maximum Gasteiger partial charge on any atom is 0.178 e. The van der Waals surface area contributed by atoms with E-state index in [2.05, 4.69) is 18.8 Å². The molecule has 3 rings (SSSR count). The lowest BCUT2D eigenvalue weighted by atomic mass is 10.0. The maximum absolute atomic E-state index is 12.0. The molecule has 0 bridgehead atoms. The Labute approximate surface area is 136 Å². The standard InChI is InChI=1S/C19H21N3O/c1-11(2)18-12(3)17(14(5)23)20-19-16(13(4)21-22(18)19)15-9-7-6-8-10-15/h6-11H,1-5H3. The third-order valence-corrected chi connectivity index (χ3v) is 4.16. The fraction of sp³-hybridized carbons (Fsp3) is 0.316. The number of nitrogens with zero attached hydrogens (tertiary/aromatic N) is 3. The zero-order chi connectivity index (χ0) is 16.7. The molecule has 0 amide bonds. The van der Waals surface area contributed by atoms with Gasteiger partial charge >= 0.3 is 0 Å². The normalized spacial score (nSPS) is 11.4. The van der Waals surface area contributed by atoms with Gasteiger partial charge in [0, 0.05) is 18.1 Å². The highest BCUT2D eigenvalue weighted by Gasteiger charge is 2.22. The van der Waals surface area contributed by atoms with E-state index in [9.17, 15) is 4.79 Å². The summed E-state index contributed by atoms with van der Waals surface area (Å²) in [5.74, 6) is 0.242. The molecule has 4 heteroatoms. The predicted octanol–water partition coefficient (Wildman–Crippen LogP) is 4.34. The summed E-state index contributed by atoms with van der Waals surface area (Å²) in [4.78, 5) is 16.7. The van der Waals surface area contributed by atoms with Crippen LogP contribution in [0.2, 0.25) is 0 Å². The van der Waals surface area contributed by atoms with Crippen LogP contribution in [0.4, 0.5) is 0 Å². The minimum Gasteiger partial charge on any atom is -0.293 e. The quantitative estimate of drug-likeness (QED) is 0.676. The fourth-order valence-electron chi connectivity index (χ4n) is 3.22. The maximum atomic E-state index is 12.0. The van der Waals surface area contributed by atoms with Gasteiger partial charge < -0.3 is 0 Å². The monoisotopic (exact) mass is 307 g/mol. The van der Waals surface area contributed by atoms with Gasteiger partial charge in [-0.05, 0) is 25.3 Å². The lowest BCUT2D eigenvalue weighted by Gasteiger charge is -2.14. The van der Waals surface area contributed by atoms with E-state index in [0.29, 0.717) is 5.69 Å². The summed E-state index contributed by atoms with van der Waals surface area (Å²) in [5, 5.41) is 4.71. The molecule has 0 aliphatic carbocycles. The molecule has 0 N–H and O–H groups in total. The molecule has 0 atom stereocenters. The molecular weight excluding hydrogens is 286 g/mol. The van der Waals surface area contributed by atoms with Crippen molar-refractivity contribution >= 4 is 11.4 Å². The number of rotatable bonds is 3. The Morgan fingerprint density at radius 3 is 2.35 bits per heavy atom. The molecule has 2 heterocycles. The minimum atomic E-state index is -0.00948. The first kappa shape index (κ1) is 15.4. The summed E-state index contributed by atoms with van der Waals surface area (Å²) in [6.45, 7) is 9.75. The lowest BCUT2D eigenvalue weighted by molar-refractivity contribution is 0.101. The molecule has 0 saturated heterocycles. The van der Waals surface area contributed by atoms with Crippen molar-refractivity contribution in [2.75, 3.05) is 0 Å². The molecule has 0 aliphatic heterocycles. The van der Waals surface area contributed by atoms with Gasteiger partial charge in [-0.25, -0.2) is 9.50 Å². The Hall–Kier alpha value is -2.49. The van der Waals surface area contributed by atoms with Crippen molar-refractivity contribution in [3.05, 3.63) is 53.0 Å². The van der Waals surface area contributed by atoms with Gasteiger partial charge in [0.15, 0.2) is 11.4 Å². The number of hydrogen-bond acceptors (Lipinski definition) is 3. The zero-order valence-electron chi connectivity index (χ0n) is 14.2. The van der Waals surface area contributed by atoms with Crippen LogP contribution in [0.3, 0.4) is 0 Å². The Morgan fingerprint density at radius 2 is 1.78 bits per heavy atom. The van der Waals surface area contributed by atoms with Gasteiger partial charge in [-0.2, -0.15) is 5.10 Å². The fourth-order valence-corrected chi connectivity index (χ4v) is 3.22. The Bertz CT molecular complexity index is 892. The molecule has 118 valence electrons. The third kappa shape index (κ3) is 2.44. The Balaban J connectivity index is 2.45. The molecular formula is C19H21N3O. The summed E-state index contributed by atoms with van der Waals surface area (Å²) in [6, 6.07) is 10.1. The van der Waals surface area contributed by atoms with E-state index in [1.807, 2.05) is 48.7 Å². The predicted molar refractivity (Wildman–Crippen MR) is 92.0 cm³/mol. The number of benzene rings is 1. The van der Waals surface area contributed by atoms with E-state index in [1.165, 1.54) is 0 Å². The van der Waals surface area contributed by atoms with Gasteiger partial charge in [0.25, 0.3) is 0 Å². The molecule has 1 aromatic carbocycles. The van der Waals surface area contributed by atoms with E-state index >= 15 is 0 Å². The molecule has 0 spiro atoms. The van der Waals surface area contributed by atoms with Gasteiger partial charge in [-0.15, -0.1) is 0 Å². The first-order valence-corrected chi connectivity index (χ1v) is 7.88. The number of carbonyl (C=O) groups excluding carboxylic acids is 1. The average Bonchev–Trinajstić information content (AvgIpc) is 2.82. The molecule has 0 aliphatic rings. The first-order chi connectivity index (χ1) is 10.9. The van der Waals surface area contributed by atoms with Gasteiger partial charge in [0.05, 0.1) is 11.4 Å².